The molecule has 3 nitrogen and oxygen atoms in total. The number of carboxylic acid groups (broad SMARTS) is 1. The molecule has 82 valence electrons. The van der Waals surface area contributed by atoms with Gasteiger partial charge >= 0.3 is 5.97 Å². The van der Waals surface area contributed by atoms with E-state index >= 15 is 0 Å². The van der Waals surface area contributed by atoms with E-state index in [0.29, 0.717) is 10.9 Å². The number of halogens is 3. The van der Waals surface area contributed by atoms with Crippen LogP contribution >= 0.6 is 27.5 Å². The van der Waals surface area contributed by atoms with E-state index in [2.05, 4.69) is 20.9 Å². The normalized spacial score (nSPS) is 10.7. The van der Waals surface area contributed by atoms with E-state index in [9.17, 15) is 9.18 Å². The number of hydrogen-bond acceptors (Lipinski definition) is 2. The zero-order valence-corrected chi connectivity index (χ0v) is 10.0. The number of fused-ring (bicyclic) bond motifs is 1. The molecule has 1 heterocycles. The van der Waals surface area contributed by atoms with Crippen molar-refractivity contribution in [3.8, 4) is 0 Å². The topological polar surface area (TPSA) is 50.2 Å². The molecule has 0 bridgehead atoms. The van der Waals surface area contributed by atoms with E-state index in [-0.39, 0.29) is 15.2 Å². The number of pyridine rings is 1. The molecule has 0 amide bonds. The first kappa shape index (κ1) is 11.3. The molecular weight excluding hydrogens is 300 g/mol. The summed E-state index contributed by atoms with van der Waals surface area (Å²) in [5.41, 5.74) is 0.211. The van der Waals surface area contributed by atoms with E-state index in [0.717, 1.165) is 0 Å². The van der Waals surface area contributed by atoms with Crippen LogP contribution in [-0.4, -0.2) is 16.1 Å². The van der Waals surface area contributed by atoms with Crippen molar-refractivity contribution in [3.05, 3.63) is 39.2 Å². The summed E-state index contributed by atoms with van der Waals surface area (Å²) >= 11 is 8.68. The van der Waals surface area contributed by atoms with Crippen LogP contribution < -0.4 is 0 Å². The number of benzene rings is 1. The van der Waals surface area contributed by atoms with Crippen molar-refractivity contribution in [1.82, 2.24) is 4.98 Å². The first-order chi connectivity index (χ1) is 7.49. The van der Waals surface area contributed by atoms with Gasteiger partial charge in [-0.1, -0.05) is 11.6 Å². The molecule has 0 saturated heterocycles. The predicted molar refractivity (Wildman–Crippen MR) is 61.4 cm³/mol. The van der Waals surface area contributed by atoms with Crippen molar-refractivity contribution in [3.63, 3.8) is 0 Å². The highest BCUT2D eigenvalue weighted by atomic mass is 79.9. The number of aromatic carboxylic acids is 1. The Balaban J connectivity index is 2.79. The fourth-order valence-corrected chi connectivity index (χ4v) is 1.88. The molecule has 0 aliphatic carbocycles. The summed E-state index contributed by atoms with van der Waals surface area (Å²) in [6.07, 6.45) is 0. The molecule has 0 spiro atoms. The number of carboxylic acids is 1. The maximum atomic E-state index is 13.2. The second kappa shape index (κ2) is 3.99. The number of aromatic nitrogens is 1. The van der Waals surface area contributed by atoms with Crippen LogP contribution in [0, 0.1) is 5.82 Å². The maximum Gasteiger partial charge on any atom is 0.338 e. The fraction of sp³-hybridized carbons (Fsp3) is 0. The molecular formula is C10H4BrClFNO2. The Labute approximate surface area is 103 Å². The molecule has 1 N–H and O–H groups in total. The standard InChI is InChI=1S/C10H4BrClFNO2/c11-6-2-4-1-5(10(15)16)9(12)14-8(4)3-7(6)13/h1-3H,(H,15,16). The lowest BCUT2D eigenvalue weighted by Gasteiger charge is -2.03. The number of carbonyl (C=O) groups is 1. The molecule has 1 aromatic heterocycles. The highest BCUT2D eigenvalue weighted by Crippen LogP contribution is 2.25. The summed E-state index contributed by atoms with van der Waals surface area (Å²) in [6, 6.07) is 4.01. The quantitative estimate of drug-likeness (QED) is 0.821. The molecule has 16 heavy (non-hydrogen) atoms. The lowest BCUT2D eigenvalue weighted by atomic mass is 10.1. The summed E-state index contributed by atoms with van der Waals surface area (Å²) in [6.45, 7) is 0. The Morgan fingerprint density at radius 2 is 2.12 bits per heavy atom. The van der Waals surface area contributed by atoms with Crippen LogP contribution in [0.15, 0.2) is 22.7 Å². The van der Waals surface area contributed by atoms with Gasteiger partial charge in [0, 0.05) is 11.5 Å². The summed E-state index contributed by atoms with van der Waals surface area (Å²) in [5, 5.41) is 9.20. The average molecular weight is 305 g/mol. The van der Waals surface area contributed by atoms with Crippen LogP contribution in [0.25, 0.3) is 10.9 Å². The first-order valence-corrected chi connectivity index (χ1v) is 5.34. The largest absolute Gasteiger partial charge is 0.478 e. The van der Waals surface area contributed by atoms with Crippen molar-refractivity contribution in [2.75, 3.05) is 0 Å². The molecule has 0 aliphatic rings. The second-order valence-electron chi connectivity index (χ2n) is 3.09. The van der Waals surface area contributed by atoms with Crippen LogP contribution in [0.3, 0.4) is 0 Å². The minimum atomic E-state index is -1.17. The Morgan fingerprint density at radius 3 is 2.75 bits per heavy atom. The molecule has 2 aromatic rings. The highest BCUT2D eigenvalue weighted by molar-refractivity contribution is 9.10. The van der Waals surface area contributed by atoms with Gasteiger partial charge in [-0.15, -0.1) is 0 Å². The zero-order chi connectivity index (χ0) is 11.9. The van der Waals surface area contributed by atoms with Gasteiger partial charge < -0.3 is 5.11 Å². The van der Waals surface area contributed by atoms with Crippen molar-refractivity contribution in [1.29, 1.82) is 0 Å². The SMILES string of the molecule is O=C(O)c1cc2cc(Br)c(F)cc2nc1Cl. The zero-order valence-electron chi connectivity index (χ0n) is 7.67. The lowest BCUT2D eigenvalue weighted by Crippen LogP contribution is -1.99. The van der Waals surface area contributed by atoms with Crippen LogP contribution in [0.5, 0.6) is 0 Å². The molecule has 1 aromatic carbocycles. The first-order valence-electron chi connectivity index (χ1n) is 4.17. The summed E-state index contributed by atoms with van der Waals surface area (Å²) in [7, 11) is 0. The Hall–Kier alpha value is -1.20. The molecule has 0 saturated carbocycles. The number of nitrogens with zero attached hydrogens (tertiary/aromatic N) is 1. The molecule has 6 heteroatoms. The van der Waals surface area contributed by atoms with E-state index in [1.165, 1.54) is 18.2 Å². The predicted octanol–water partition coefficient (Wildman–Crippen LogP) is 3.49. The smallest absolute Gasteiger partial charge is 0.338 e. The monoisotopic (exact) mass is 303 g/mol. The maximum absolute atomic E-state index is 13.2. The van der Waals surface area contributed by atoms with E-state index < -0.39 is 11.8 Å². The van der Waals surface area contributed by atoms with Gasteiger partial charge in [-0.2, -0.15) is 0 Å². The van der Waals surface area contributed by atoms with Gasteiger partial charge in [0.2, 0.25) is 0 Å². The third-order valence-electron chi connectivity index (χ3n) is 2.04. The van der Waals surface area contributed by atoms with Crippen LogP contribution in [0.2, 0.25) is 5.15 Å². The minimum Gasteiger partial charge on any atom is -0.478 e. The molecule has 0 unspecified atom stereocenters. The minimum absolute atomic E-state index is 0.104. The summed E-state index contributed by atoms with van der Waals surface area (Å²) < 4.78 is 13.4. The Morgan fingerprint density at radius 1 is 1.44 bits per heavy atom. The molecule has 0 radical (unpaired) electrons. The van der Waals surface area contributed by atoms with Gasteiger partial charge in [0.05, 0.1) is 15.6 Å². The average Bonchev–Trinajstić information content (AvgIpc) is 2.19. The molecule has 0 atom stereocenters. The molecule has 0 aliphatic heterocycles. The van der Waals surface area contributed by atoms with E-state index in [4.69, 9.17) is 16.7 Å². The Bertz CT molecular complexity index is 603. The van der Waals surface area contributed by atoms with Gasteiger partial charge in [0.1, 0.15) is 11.0 Å². The van der Waals surface area contributed by atoms with Crippen molar-refractivity contribution < 1.29 is 14.3 Å². The Kier molecular flexibility index (Phi) is 2.82. The van der Waals surface area contributed by atoms with Crippen molar-refractivity contribution in [2.24, 2.45) is 0 Å². The van der Waals surface area contributed by atoms with E-state index in [1.54, 1.807) is 0 Å². The second-order valence-corrected chi connectivity index (χ2v) is 4.30. The van der Waals surface area contributed by atoms with Crippen molar-refractivity contribution in [2.45, 2.75) is 0 Å². The van der Waals surface area contributed by atoms with Crippen LogP contribution in [0.4, 0.5) is 4.39 Å². The summed E-state index contributed by atoms with van der Waals surface area (Å²) in [5.74, 6) is -1.64. The van der Waals surface area contributed by atoms with Gasteiger partial charge in [-0.3, -0.25) is 0 Å². The summed E-state index contributed by atoms with van der Waals surface area (Å²) in [4.78, 5) is 14.6. The van der Waals surface area contributed by atoms with E-state index in [1.807, 2.05) is 0 Å². The van der Waals surface area contributed by atoms with Crippen molar-refractivity contribution >= 4 is 44.4 Å². The van der Waals surface area contributed by atoms with Crippen LogP contribution in [-0.2, 0) is 0 Å². The number of rotatable bonds is 1. The third-order valence-corrected chi connectivity index (χ3v) is 2.94. The highest BCUT2D eigenvalue weighted by Gasteiger charge is 2.12. The fourth-order valence-electron chi connectivity index (χ4n) is 1.30. The lowest BCUT2D eigenvalue weighted by molar-refractivity contribution is 0.0697. The third kappa shape index (κ3) is 1.88. The van der Waals surface area contributed by atoms with Gasteiger partial charge in [0.25, 0.3) is 0 Å². The van der Waals surface area contributed by atoms with Crippen LogP contribution in [0.1, 0.15) is 10.4 Å². The van der Waals surface area contributed by atoms with Gasteiger partial charge in [-0.25, -0.2) is 14.2 Å². The molecule has 0 fully saturated rings. The van der Waals surface area contributed by atoms with Gasteiger partial charge in [-0.05, 0) is 28.1 Å². The number of hydrogen-bond donors (Lipinski definition) is 1. The molecule has 2 rings (SSSR count). The van der Waals surface area contributed by atoms with Gasteiger partial charge in [0.15, 0.2) is 0 Å².